The number of carbonyl (C=O) groups excluding carboxylic acids is 1. The van der Waals surface area contributed by atoms with Gasteiger partial charge in [-0.25, -0.2) is 13.2 Å². The molecule has 194 valence electrons. The smallest absolute Gasteiger partial charge is 0.321 e. The molecular weight excluding hydrogens is 482 g/mol. The van der Waals surface area contributed by atoms with Gasteiger partial charge < -0.3 is 25.2 Å². The fourth-order valence-corrected chi connectivity index (χ4v) is 5.63. The van der Waals surface area contributed by atoms with Crippen molar-refractivity contribution in [3.8, 4) is 17.6 Å². The van der Waals surface area contributed by atoms with E-state index in [1.807, 2.05) is 25.1 Å². The zero-order chi connectivity index (χ0) is 26.5. The molecular formula is C26H33N3O6S. The second-order valence-electron chi connectivity index (χ2n) is 9.02. The van der Waals surface area contributed by atoms with Crippen molar-refractivity contribution >= 4 is 21.7 Å². The number of likely N-dealkylation sites (N-methyl/N-ethyl adjacent to an activating group) is 1. The number of rotatable bonds is 5. The summed E-state index contributed by atoms with van der Waals surface area (Å²) in [4.78, 5) is 14.2. The first kappa shape index (κ1) is 27.5. The number of aliphatic hydroxyl groups is 2. The summed E-state index contributed by atoms with van der Waals surface area (Å²) in [5.74, 6) is 5.24. The number of carbonyl (C=O) groups is 1. The fourth-order valence-electron chi connectivity index (χ4n) is 3.80. The lowest BCUT2D eigenvalue weighted by molar-refractivity contribution is 0.0830. The molecule has 0 spiro atoms. The highest BCUT2D eigenvalue weighted by Crippen LogP contribution is 2.34. The average molecular weight is 516 g/mol. The number of anilines is 1. The number of nitrogens with zero attached hydrogens (tertiary/aromatic N) is 2. The van der Waals surface area contributed by atoms with Crippen LogP contribution in [-0.2, 0) is 10.0 Å². The molecule has 0 unspecified atom stereocenters. The van der Waals surface area contributed by atoms with Crippen LogP contribution in [0.4, 0.5) is 10.5 Å². The minimum atomic E-state index is -3.99. The third-order valence-electron chi connectivity index (χ3n) is 5.92. The van der Waals surface area contributed by atoms with Gasteiger partial charge in [-0.3, -0.25) is 0 Å². The Kier molecular flexibility index (Phi) is 8.98. The molecule has 2 amide bonds. The van der Waals surface area contributed by atoms with Crippen LogP contribution < -0.4 is 10.1 Å². The summed E-state index contributed by atoms with van der Waals surface area (Å²) >= 11 is 0. The molecule has 2 aromatic carbocycles. The van der Waals surface area contributed by atoms with E-state index in [2.05, 4.69) is 17.2 Å². The fraction of sp³-hybridized carbons (Fsp3) is 0.423. The van der Waals surface area contributed by atoms with Gasteiger partial charge in [-0.2, -0.15) is 4.31 Å². The molecule has 1 aliphatic rings. The van der Waals surface area contributed by atoms with E-state index in [1.165, 1.54) is 28.3 Å². The van der Waals surface area contributed by atoms with Crippen LogP contribution >= 0.6 is 0 Å². The maximum Gasteiger partial charge on any atom is 0.321 e. The summed E-state index contributed by atoms with van der Waals surface area (Å²) in [7, 11) is -2.34. The van der Waals surface area contributed by atoms with Crippen LogP contribution in [0.1, 0.15) is 26.3 Å². The van der Waals surface area contributed by atoms with Gasteiger partial charge in [-0.1, -0.05) is 37.0 Å². The maximum atomic E-state index is 13.5. The van der Waals surface area contributed by atoms with Crippen molar-refractivity contribution < 1.29 is 28.2 Å². The molecule has 0 aliphatic carbocycles. The maximum absolute atomic E-state index is 13.5. The Morgan fingerprint density at radius 2 is 1.94 bits per heavy atom. The molecule has 0 saturated carbocycles. The number of amides is 2. The number of hydrogen-bond acceptors (Lipinski definition) is 6. The van der Waals surface area contributed by atoms with Crippen molar-refractivity contribution in [1.82, 2.24) is 9.21 Å². The second-order valence-corrected chi connectivity index (χ2v) is 10.9. The highest BCUT2D eigenvalue weighted by Gasteiger charge is 2.38. The third-order valence-corrected chi connectivity index (χ3v) is 7.94. The van der Waals surface area contributed by atoms with Gasteiger partial charge in [0.25, 0.3) is 0 Å². The van der Waals surface area contributed by atoms with Crippen LogP contribution in [0, 0.1) is 17.8 Å². The lowest BCUT2D eigenvalue weighted by atomic mass is 10.0. The standard InChI is InChI=1S/C26H33N3O6S/c1-18-15-29(19(2)17-30)36(33,34)25-13-12-21(11-10-20(3)31)14-23(25)35-24(18)16-28(4)26(32)27-22-8-6-5-7-9-22/h5-9,12-14,18-20,24,30-31H,15-17H2,1-4H3,(H,27,32)/t18-,19-,20-,24-/m0/s1. The largest absolute Gasteiger partial charge is 0.487 e. The van der Waals surface area contributed by atoms with Crippen molar-refractivity contribution in [3.05, 3.63) is 54.1 Å². The van der Waals surface area contributed by atoms with Crippen molar-refractivity contribution in [2.45, 2.75) is 43.9 Å². The van der Waals surface area contributed by atoms with Gasteiger partial charge in [0, 0.05) is 36.8 Å². The summed E-state index contributed by atoms with van der Waals surface area (Å²) in [6.45, 7) is 4.97. The average Bonchev–Trinajstić information content (AvgIpc) is 2.84. The summed E-state index contributed by atoms with van der Waals surface area (Å²) in [6.07, 6.45) is -1.40. The van der Waals surface area contributed by atoms with Gasteiger partial charge in [-0.05, 0) is 44.2 Å². The van der Waals surface area contributed by atoms with Gasteiger partial charge >= 0.3 is 6.03 Å². The molecule has 1 aliphatic heterocycles. The highest BCUT2D eigenvalue weighted by molar-refractivity contribution is 7.89. The summed E-state index contributed by atoms with van der Waals surface area (Å²) < 4.78 is 34.6. The molecule has 3 rings (SSSR count). The number of sulfonamides is 1. The minimum absolute atomic E-state index is 0.0429. The lowest BCUT2D eigenvalue weighted by Crippen LogP contribution is -2.50. The number of hydrogen-bond donors (Lipinski definition) is 3. The van der Waals surface area contributed by atoms with E-state index >= 15 is 0 Å². The van der Waals surface area contributed by atoms with Crippen LogP contribution in [0.3, 0.4) is 0 Å². The number of ether oxygens (including phenoxy) is 1. The molecule has 4 atom stereocenters. The van der Waals surface area contributed by atoms with Crippen molar-refractivity contribution in [2.75, 3.05) is 32.1 Å². The first-order valence-corrected chi connectivity index (χ1v) is 13.2. The van der Waals surface area contributed by atoms with Gasteiger partial charge in [0.05, 0.1) is 13.2 Å². The van der Waals surface area contributed by atoms with Crippen LogP contribution in [0.2, 0.25) is 0 Å². The SMILES string of the molecule is C[C@H](O)C#Cc1ccc2c(c1)O[C@@H](CN(C)C(=O)Nc1ccccc1)[C@@H](C)CN([C@@H](C)CO)S2(=O)=O. The lowest BCUT2D eigenvalue weighted by Gasteiger charge is -2.37. The summed E-state index contributed by atoms with van der Waals surface area (Å²) in [5.41, 5.74) is 1.13. The van der Waals surface area contributed by atoms with Gasteiger partial charge in [-0.15, -0.1) is 0 Å². The van der Waals surface area contributed by atoms with Crippen LogP contribution in [0.15, 0.2) is 53.4 Å². The van der Waals surface area contributed by atoms with E-state index in [0.29, 0.717) is 11.3 Å². The molecule has 0 aromatic heterocycles. The summed E-state index contributed by atoms with van der Waals surface area (Å²) in [6, 6.07) is 12.6. The molecule has 36 heavy (non-hydrogen) atoms. The molecule has 0 fully saturated rings. The highest BCUT2D eigenvalue weighted by atomic mass is 32.2. The second kappa shape index (κ2) is 11.8. The number of para-hydroxylation sites is 1. The summed E-state index contributed by atoms with van der Waals surface area (Å²) in [5, 5.41) is 22.1. The molecule has 1 heterocycles. The number of benzene rings is 2. The zero-order valence-electron chi connectivity index (χ0n) is 20.9. The Bertz CT molecular complexity index is 1220. The molecule has 0 bridgehead atoms. The first-order chi connectivity index (χ1) is 17.0. The molecule has 9 nitrogen and oxygen atoms in total. The van der Waals surface area contributed by atoms with Gasteiger partial charge in [0.2, 0.25) is 10.0 Å². The monoisotopic (exact) mass is 515 g/mol. The van der Waals surface area contributed by atoms with Gasteiger partial charge in [0.15, 0.2) is 0 Å². The molecule has 3 N–H and O–H groups in total. The van der Waals surface area contributed by atoms with Crippen molar-refractivity contribution in [2.24, 2.45) is 5.92 Å². The molecule has 0 saturated heterocycles. The third kappa shape index (κ3) is 6.56. The molecule has 0 radical (unpaired) electrons. The van der Waals surface area contributed by atoms with E-state index in [1.54, 1.807) is 32.2 Å². The van der Waals surface area contributed by atoms with Crippen LogP contribution in [0.25, 0.3) is 0 Å². The Morgan fingerprint density at radius 1 is 1.25 bits per heavy atom. The van der Waals surface area contributed by atoms with Crippen molar-refractivity contribution in [1.29, 1.82) is 0 Å². The number of nitrogens with one attached hydrogen (secondary N) is 1. The quantitative estimate of drug-likeness (QED) is 0.526. The van der Waals surface area contributed by atoms with E-state index in [-0.39, 0.29) is 42.3 Å². The normalized spacial score (nSPS) is 20.8. The Balaban J connectivity index is 1.96. The van der Waals surface area contributed by atoms with E-state index in [0.717, 1.165) is 0 Å². The first-order valence-electron chi connectivity index (χ1n) is 11.7. The van der Waals surface area contributed by atoms with Crippen LogP contribution in [0.5, 0.6) is 5.75 Å². The van der Waals surface area contributed by atoms with E-state index < -0.39 is 28.3 Å². The number of urea groups is 1. The number of aliphatic hydroxyl groups excluding tert-OH is 2. The topological polar surface area (TPSA) is 119 Å². The van der Waals surface area contributed by atoms with Crippen molar-refractivity contribution in [3.63, 3.8) is 0 Å². The Hall–Kier alpha value is -3.10. The van der Waals surface area contributed by atoms with E-state index in [4.69, 9.17) is 4.74 Å². The zero-order valence-corrected chi connectivity index (χ0v) is 21.7. The predicted molar refractivity (Wildman–Crippen MR) is 137 cm³/mol. The molecule has 10 heteroatoms. The van der Waals surface area contributed by atoms with Gasteiger partial charge in [0.1, 0.15) is 22.9 Å². The van der Waals surface area contributed by atoms with Crippen LogP contribution in [-0.4, -0.2) is 78.9 Å². The Labute approximate surface area is 212 Å². The molecule has 2 aromatic rings. The van der Waals surface area contributed by atoms with E-state index in [9.17, 15) is 23.4 Å². The predicted octanol–water partition coefficient (Wildman–Crippen LogP) is 2.35. The minimum Gasteiger partial charge on any atom is -0.487 e. The number of fused-ring (bicyclic) bond motifs is 1. The Morgan fingerprint density at radius 3 is 2.58 bits per heavy atom.